The molecule has 1 aromatic rings. The topological polar surface area (TPSA) is 76.7 Å². The maximum atomic E-state index is 12.6. The quantitative estimate of drug-likeness (QED) is 0.691. The van der Waals surface area contributed by atoms with Gasteiger partial charge >= 0.3 is 0 Å². The lowest BCUT2D eigenvalue weighted by atomic mass is 9.80. The van der Waals surface area contributed by atoms with Gasteiger partial charge in [0.05, 0.1) is 23.8 Å². The summed E-state index contributed by atoms with van der Waals surface area (Å²) in [5.41, 5.74) is -0.226. The van der Waals surface area contributed by atoms with Crippen LogP contribution >= 0.6 is 35.6 Å². The van der Waals surface area contributed by atoms with E-state index in [1.807, 2.05) is 0 Å². The zero-order valence-electron chi connectivity index (χ0n) is 14.1. The Morgan fingerprint density at radius 2 is 1.84 bits per heavy atom. The maximum absolute atomic E-state index is 12.6. The zero-order valence-corrected chi connectivity index (χ0v) is 17.2. The molecule has 2 rings (SSSR count). The van der Waals surface area contributed by atoms with Crippen LogP contribution in [-0.2, 0) is 14.8 Å². The van der Waals surface area contributed by atoms with E-state index in [1.54, 1.807) is 7.11 Å². The third-order valence-corrected chi connectivity index (χ3v) is 6.41. The van der Waals surface area contributed by atoms with Crippen molar-refractivity contribution in [3.8, 4) is 5.75 Å². The molecule has 0 aliphatic carbocycles. The first-order chi connectivity index (χ1) is 11.3. The molecule has 144 valence electrons. The Labute approximate surface area is 165 Å². The molecule has 1 saturated heterocycles. The largest absolute Gasteiger partial charge is 0.495 e. The van der Waals surface area contributed by atoms with E-state index in [0.717, 1.165) is 25.9 Å². The lowest BCUT2D eigenvalue weighted by molar-refractivity contribution is 0.0577. The number of nitrogens with one attached hydrogen (secondary N) is 2. The highest BCUT2D eigenvalue weighted by Gasteiger charge is 2.34. The van der Waals surface area contributed by atoms with Gasteiger partial charge in [-0.05, 0) is 32.0 Å². The first-order valence-electron chi connectivity index (χ1n) is 7.56. The number of hydrogen-bond donors (Lipinski definition) is 2. The molecule has 1 aliphatic heterocycles. The summed E-state index contributed by atoms with van der Waals surface area (Å²) in [6.07, 6.45) is 1.67. The molecule has 0 spiro atoms. The van der Waals surface area contributed by atoms with Crippen LogP contribution in [0.3, 0.4) is 0 Å². The molecule has 0 aromatic heterocycles. The number of benzene rings is 1. The molecule has 2 N–H and O–H groups in total. The molecule has 0 unspecified atom stereocenters. The lowest BCUT2D eigenvalue weighted by Crippen LogP contribution is -2.47. The maximum Gasteiger partial charge on any atom is 0.242 e. The molecule has 0 atom stereocenters. The van der Waals surface area contributed by atoms with E-state index in [2.05, 4.69) is 10.0 Å². The van der Waals surface area contributed by atoms with Crippen LogP contribution in [0, 0.1) is 5.41 Å². The molecule has 25 heavy (non-hydrogen) atoms. The molecule has 6 nitrogen and oxygen atoms in total. The van der Waals surface area contributed by atoms with Gasteiger partial charge in [0.1, 0.15) is 10.6 Å². The Balaban J connectivity index is 0.00000312. The summed E-state index contributed by atoms with van der Waals surface area (Å²) in [7, 11) is -0.729. The minimum atomic E-state index is -3.79. The van der Waals surface area contributed by atoms with E-state index in [0.29, 0.717) is 12.4 Å². The summed E-state index contributed by atoms with van der Waals surface area (Å²) in [6, 6.07) is 2.70. The van der Waals surface area contributed by atoms with Gasteiger partial charge in [-0.15, -0.1) is 12.4 Å². The van der Waals surface area contributed by atoms with Crippen molar-refractivity contribution >= 4 is 45.6 Å². The smallest absolute Gasteiger partial charge is 0.242 e. The Hall–Kier alpha value is -0.280. The van der Waals surface area contributed by atoms with Crippen molar-refractivity contribution in [2.75, 3.05) is 40.5 Å². The molecule has 0 amide bonds. The van der Waals surface area contributed by atoms with Crippen molar-refractivity contribution in [3.05, 3.63) is 22.2 Å². The Kier molecular flexibility index (Phi) is 8.74. The van der Waals surface area contributed by atoms with E-state index in [9.17, 15) is 8.42 Å². The van der Waals surface area contributed by atoms with Crippen LogP contribution in [0.2, 0.25) is 10.0 Å². The number of halogens is 3. The Morgan fingerprint density at radius 1 is 1.20 bits per heavy atom. The molecule has 0 radical (unpaired) electrons. The van der Waals surface area contributed by atoms with Crippen molar-refractivity contribution in [1.82, 2.24) is 10.0 Å². The SMILES string of the molecule is COCC1(CNS(=O)(=O)c2cc(Cl)c(OC)cc2Cl)CCNCC1.Cl. The lowest BCUT2D eigenvalue weighted by Gasteiger charge is -2.37. The fourth-order valence-corrected chi connectivity index (χ4v) is 4.84. The van der Waals surface area contributed by atoms with Gasteiger partial charge < -0.3 is 14.8 Å². The fraction of sp³-hybridized carbons (Fsp3) is 0.600. The number of sulfonamides is 1. The van der Waals surface area contributed by atoms with Crippen molar-refractivity contribution < 1.29 is 17.9 Å². The van der Waals surface area contributed by atoms with Gasteiger partial charge in [0, 0.05) is 25.1 Å². The number of ether oxygens (including phenoxy) is 2. The molecule has 1 fully saturated rings. The standard InChI is InChI=1S/C15H22Cl2N2O4S.ClH/c1-22-10-15(3-5-18-6-4-15)9-19-24(20,21)14-8-11(16)13(23-2)7-12(14)17;/h7-8,18-19H,3-6,9-10H2,1-2H3;1H. The van der Waals surface area contributed by atoms with Crippen molar-refractivity contribution in [2.45, 2.75) is 17.7 Å². The third kappa shape index (κ3) is 5.60. The van der Waals surface area contributed by atoms with Gasteiger partial charge in [-0.1, -0.05) is 23.2 Å². The van der Waals surface area contributed by atoms with Crippen molar-refractivity contribution in [2.24, 2.45) is 5.41 Å². The second-order valence-corrected chi connectivity index (χ2v) is 8.47. The highest BCUT2D eigenvalue weighted by Crippen LogP contribution is 2.34. The highest BCUT2D eigenvalue weighted by molar-refractivity contribution is 7.89. The summed E-state index contributed by atoms with van der Waals surface area (Å²) in [5.74, 6) is 0.329. The van der Waals surface area contributed by atoms with Gasteiger partial charge in [-0.3, -0.25) is 0 Å². The van der Waals surface area contributed by atoms with E-state index < -0.39 is 10.0 Å². The summed E-state index contributed by atoms with van der Waals surface area (Å²) >= 11 is 12.1. The van der Waals surface area contributed by atoms with Crippen LogP contribution in [0.4, 0.5) is 0 Å². The normalized spacial score (nSPS) is 17.0. The average Bonchev–Trinajstić information content (AvgIpc) is 2.56. The van der Waals surface area contributed by atoms with Crippen LogP contribution in [0.15, 0.2) is 17.0 Å². The number of hydrogen-bond acceptors (Lipinski definition) is 5. The first-order valence-corrected chi connectivity index (χ1v) is 9.80. The summed E-state index contributed by atoms with van der Waals surface area (Å²) in [4.78, 5) is -0.0588. The van der Waals surface area contributed by atoms with Crippen LogP contribution in [-0.4, -0.2) is 48.9 Å². The second-order valence-electron chi connectivity index (χ2n) is 5.92. The number of piperidine rings is 1. The first kappa shape index (κ1) is 22.8. The molecule has 1 heterocycles. The fourth-order valence-electron chi connectivity index (χ4n) is 2.83. The molecule has 0 saturated carbocycles. The second kappa shape index (κ2) is 9.60. The average molecular weight is 434 g/mol. The zero-order chi connectivity index (χ0) is 17.8. The molecule has 0 bridgehead atoms. The molecular formula is C15H23Cl3N2O4S. The van der Waals surface area contributed by atoms with E-state index in [-0.39, 0.29) is 39.3 Å². The van der Waals surface area contributed by atoms with Crippen molar-refractivity contribution in [1.29, 1.82) is 0 Å². The summed E-state index contributed by atoms with van der Waals surface area (Å²) in [6.45, 7) is 2.44. The number of rotatable bonds is 7. The van der Waals surface area contributed by atoms with E-state index in [1.165, 1.54) is 19.2 Å². The van der Waals surface area contributed by atoms with Crippen LogP contribution in [0.1, 0.15) is 12.8 Å². The minimum Gasteiger partial charge on any atom is -0.495 e. The van der Waals surface area contributed by atoms with Gasteiger partial charge in [0.2, 0.25) is 10.0 Å². The molecule has 1 aromatic carbocycles. The van der Waals surface area contributed by atoms with Gasteiger partial charge in [0.15, 0.2) is 0 Å². The highest BCUT2D eigenvalue weighted by atomic mass is 35.5. The van der Waals surface area contributed by atoms with Crippen molar-refractivity contribution in [3.63, 3.8) is 0 Å². The predicted octanol–water partition coefficient (Wildman–Crippen LogP) is 2.72. The monoisotopic (exact) mass is 432 g/mol. The van der Waals surface area contributed by atoms with Crippen LogP contribution in [0.25, 0.3) is 0 Å². The predicted molar refractivity (Wildman–Crippen MR) is 102 cm³/mol. The van der Waals surface area contributed by atoms with Gasteiger partial charge in [0.25, 0.3) is 0 Å². The summed E-state index contributed by atoms with van der Waals surface area (Å²) < 4.78 is 38.3. The molecule has 10 heteroatoms. The van der Waals surface area contributed by atoms with Gasteiger partial charge in [-0.2, -0.15) is 0 Å². The number of methoxy groups -OCH3 is 2. The van der Waals surface area contributed by atoms with E-state index in [4.69, 9.17) is 32.7 Å². The van der Waals surface area contributed by atoms with Gasteiger partial charge in [-0.25, -0.2) is 13.1 Å². The molecular weight excluding hydrogens is 411 g/mol. The third-order valence-electron chi connectivity index (χ3n) is 4.25. The van der Waals surface area contributed by atoms with Crippen LogP contribution < -0.4 is 14.8 Å². The Bertz CT molecular complexity index is 674. The summed E-state index contributed by atoms with van der Waals surface area (Å²) in [5, 5.41) is 3.53. The molecule has 1 aliphatic rings. The Morgan fingerprint density at radius 3 is 2.40 bits per heavy atom. The van der Waals surface area contributed by atoms with Crippen LogP contribution in [0.5, 0.6) is 5.75 Å². The van der Waals surface area contributed by atoms with E-state index >= 15 is 0 Å². The minimum absolute atomic E-state index is 0.